The number of hydrogen-bond donors (Lipinski definition) is 0. The van der Waals surface area contributed by atoms with E-state index in [2.05, 4.69) is 0 Å². The lowest BCUT2D eigenvalue weighted by Gasteiger charge is -2.24. The van der Waals surface area contributed by atoms with E-state index in [4.69, 9.17) is 14.2 Å². The summed E-state index contributed by atoms with van der Waals surface area (Å²) >= 11 is 0. The van der Waals surface area contributed by atoms with Gasteiger partial charge in [-0.05, 0) is 13.8 Å². The molecule has 0 aromatic rings. The highest BCUT2D eigenvalue weighted by Gasteiger charge is 2.17. The highest BCUT2D eigenvalue weighted by atomic mass is 16.6. The molecule has 0 heterocycles. The maximum absolute atomic E-state index is 12.1. The molecular formula is C16H27NO6. The van der Waals surface area contributed by atoms with Gasteiger partial charge in [-0.25, -0.2) is 0 Å². The van der Waals surface area contributed by atoms with Crippen LogP contribution < -0.4 is 0 Å². The van der Waals surface area contributed by atoms with Crippen molar-refractivity contribution in [3.63, 3.8) is 0 Å². The van der Waals surface area contributed by atoms with Crippen molar-refractivity contribution in [2.45, 2.75) is 34.1 Å². The van der Waals surface area contributed by atoms with E-state index in [-0.39, 0.29) is 30.8 Å². The van der Waals surface area contributed by atoms with Crippen molar-refractivity contribution in [2.75, 3.05) is 33.4 Å². The van der Waals surface area contributed by atoms with Gasteiger partial charge in [0.1, 0.15) is 18.1 Å². The topological polar surface area (TPSA) is 82.1 Å². The lowest BCUT2D eigenvalue weighted by molar-refractivity contribution is -0.135. The number of amides is 1. The van der Waals surface area contributed by atoms with Crippen LogP contribution in [0.25, 0.3) is 0 Å². The third-order valence-corrected chi connectivity index (χ3v) is 3.14. The monoisotopic (exact) mass is 329 g/mol. The number of nitrogens with zero attached hydrogens (tertiary/aromatic N) is 1. The van der Waals surface area contributed by atoms with Gasteiger partial charge in [-0.15, -0.1) is 0 Å². The summed E-state index contributed by atoms with van der Waals surface area (Å²) in [5, 5.41) is 0. The number of carbonyl (C=O) groups is 3. The normalized spacial score (nSPS) is 11.7. The van der Waals surface area contributed by atoms with Gasteiger partial charge in [-0.3, -0.25) is 14.4 Å². The number of ketones is 1. The van der Waals surface area contributed by atoms with E-state index in [1.165, 1.54) is 14.0 Å². The Bertz CT molecular complexity index is 430. The summed E-state index contributed by atoms with van der Waals surface area (Å²) in [7, 11) is 1.46. The van der Waals surface area contributed by atoms with Gasteiger partial charge >= 0.3 is 0 Å². The minimum Gasteiger partial charge on any atom is -0.495 e. The van der Waals surface area contributed by atoms with E-state index in [0.717, 1.165) is 0 Å². The Balaban J connectivity index is 4.45. The molecule has 0 bridgehead atoms. The van der Waals surface area contributed by atoms with Crippen LogP contribution in [0.15, 0.2) is 11.5 Å². The molecule has 0 aliphatic carbocycles. The molecule has 1 amide bonds. The molecule has 0 spiro atoms. The van der Waals surface area contributed by atoms with Gasteiger partial charge in [-0.2, -0.15) is 0 Å². The Morgan fingerprint density at radius 1 is 1.17 bits per heavy atom. The van der Waals surface area contributed by atoms with Crippen LogP contribution >= 0.6 is 0 Å². The maximum Gasteiger partial charge on any atom is 0.298 e. The lowest BCUT2D eigenvalue weighted by Crippen LogP contribution is -2.38. The zero-order chi connectivity index (χ0) is 17.8. The van der Waals surface area contributed by atoms with E-state index < -0.39 is 0 Å². The number of allylic oxidation sites excluding steroid dienone is 1. The van der Waals surface area contributed by atoms with Crippen LogP contribution in [0.5, 0.6) is 0 Å². The number of ether oxygens (including phenoxy) is 3. The molecule has 132 valence electrons. The first-order valence-corrected chi connectivity index (χ1v) is 7.53. The largest absolute Gasteiger partial charge is 0.495 e. The minimum absolute atomic E-state index is 0.0159. The Hall–Kier alpha value is -1.89. The summed E-state index contributed by atoms with van der Waals surface area (Å²) in [5.41, 5.74) is 0. The predicted octanol–water partition coefficient (Wildman–Crippen LogP) is 1.52. The standard InChI is InChI=1S/C16H27NO6/c1-12(2)16(20)17(7-6-13(3)19)8-9-22-10-15(21-5)14(4)23-11-18/h11-12H,6-10H2,1-5H3/b15-14-. The van der Waals surface area contributed by atoms with E-state index in [1.54, 1.807) is 11.8 Å². The molecule has 0 atom stereocenters. The van der Waals surface area contributed by atoms with Crippen molar-refractivity contribution in [1.29, 1.82) is 0 Å². The van der Waals surface area contributed by atoms with Gasteiger partial charge in [0.05, 0.1) is 13.7 Å². The van der Waals surface area contributed by atoms with Crippen LogP contribution in [0.1, 0.15) is 34.1 Å². The van der Waals surface area contributed by atoms with Gasteiger partial charge in [0, 0.05) is 25.4 Å². The van der Waals surface area contributed by atoms with Crippen molar-refractivity contribution < 1.29 is 28.6 Å². The smallest absolute Gasteiger partial charge is 0.298 e. The second-order valence-corrected chi connectivity index (χ2v) is 5.38. The van der Waals surface area contributed by atoms with Crippen LogP contribution in [0.2, 0.25) is 0 Å². The van der Waals surface area contributed by atoms with Gasteiger partial charge in [-0.1, -0.05) is 13.8 Å². The quantitative estimate of drug-likeness (QED) is 0.307. The fourth-order valence-electron chi connectivity index (χ4n) is 1.77. The molecule has 7 heteroatoms. The van der Waals surface area contributed by atoms with E-state index in [1.807, 2.05) is 13.8 Å². The predicted molar refractivity (Wildman–Crippen MR) is 84.4 cm³/mol. The van der Waals surface area contributed by atoms with Gasteiger partial charge in [0.15, 0.2) is 5.76 Å². The molecule has 0 radical (unpaired) electrons. The molecule has 0 N–H and O–H groups in total. The molecule has 0 aliphatic rings. The average Bonchev–Trinajstić information content (AvgIpc) is 2.49. The molecule has 7 nitrogen and oxygen atoms in total. The zero-order valence-corrected chi connectivity index (χ0v) is 14.6. The number of Topliss-reactive ketones (excluding diaryl/α,β-unsaturated/α-hetero) is 1. The Labute approximate surface area is 137 Å². The van der Waals surface area contributed by atoms with E-state index >= 15 is 0 Å². The summed E-state index contributed by atoms with van der Waals surface area (Å²) < 4.78 is 15.2. The third kappa shape index (κ3) is 8.97. The highest BCUT2D eigenvalue weighted by Crippen LogP contribution is 2.07. The summed E-state index contributed by atoms with van der Waals surface area (Å²) in [6.07, 6.45) is 0.327. The molecule has 0 unspecified atom stereocenters. The van der Waals surface area contributed by atoms with Crippen LogP contribution in [-0.4, -0.2) is 56.5 Å². The molecule has 0 aromatic carbocycles. The number of carbonyl (C=O) groups excluding carboxylic acids is 3. The average molecular weight is 329 g/mol. The van der Waals surface area contributed by atoms with Crippen molar-refractivity contribution in [1.82, 2.24) is 4.90 Å². The summed E-state index contributed by atoms with van der Waals surface area (Å²) in [4.78, 5) is 35.1. The molecule has 0 saturated carbocycles. The van der Waals surface area contributed by atoms with Gasteiger partial charge in [0.2, 0.25) is 5.91 Å². The van der Waals surface area contributed by atoms with Crippen molar-refractivity contribution in [2.24, 2.45) is 5.92 Å². The van der Waals surface area contributed by atoms with Crippen molar-refractivity contribution in [3.05, 3.63) is 11.5 Å². The number of methoxy groups -OCH3 is 1. The highest BCUT2D eigenvalue weighted by molar-refractivity contribution is 5.80. The zero-order valence-electron chi connectivity index (χ0n) is 14.6. The molecule has 0 fully saturated rings. The fourth-order valence-corrected chi connectivity index (χ4v) is 1.77. The third-order valence-electron chi connectivity index (χ3n) is 3.14. The first-order chi connectivity index (χ1) is 10.8. The molecule has 23 heavy (non-hydrogen) atoms. The van der Waals surface area contributed by atoms with E-state index in [9.17, 15) is 14.4 Å². The first-order valence-electron chi connectivity index (χ1n) is 7.53. The second kappa shape index (κ2) is 11.6. The summed E-state index contributed by atoms with van der Waals surface area (Å²) in [6, 6.07) is 0. The van der Waals surface area contributed by atoms with Crippen LogP contribution in [0.3, 0.4) is 0 Å². The second-order valence-electron chi connectivity index (χ2n) is 5.38. The lowest BCUT2D eigenvalue weighted by atomic mass is 10.2. The van der Waals surface area contributed by atoms with Crippen LogP contribution in [-0.2, 0) is 28.6 Å². The van der Waals surface area contributed by atoms with E-state index in [0.29, 0.717) is 37.5 Å². The fraction of sp³-hybridized carbons (Fsp3) is 0.688. The Morgan fingerprint density at radius 2 is 1.83 bits per heavy atom. The summed E-state index contributed by atoms with van der Waals surface area (Å²) in [5.74, 6) is 0.618. The maximum atomic E-state index is 12.1. The van der Waals surface area contributed by atoms with Gasteiger partial charge < -0.3 is 19.1 Å². The molecule has 0 aromatic heterocycles. The molecule has 0 rings (SSSR count). The Kier molecular flexibility index (Phi) is 10.7. The molecule has 0 saturated heterocycles. The summed E-state index contributed by atoms with van der Waals surface area (Å²) in [6.45, 7) is 8.23. The first kappa shape index (κ1) is 21.1. The van der Waals surface area contributed by atoms with Crippen molar-refractivity contribution in [3.8, 4) is 0 Å². The molecule has 0 aliphatic heterocycles. The SMILES string of the molecule is CO/C(COCCN(CCC(C)=O)C(=O)C(C)C)=C(/C)OC=O. The number of hydrogen-bond acceptors (Lipinski definition) is 6. The van der Waals surface area contributed by atoms with Gasteiger partial charge in [0.25, 0.3) is 6.47 Å². The molecular weight excluding hydrogens is 302 g/mol. The number of rotatable bonds is 12. The van der Waals surface area contributed by atoms with Crippen LogP contribution in [0.4, 0.5) is 0 Å². The minimum atomic E-state index is -0.139. The van der Waals surface area contributed by atoms with Crippen LogP contribution in [0, 0.1) is 5.92 Å². The Morgan fingerprint density at radius 3 is 2.30 bits per heavy atom. The van der Waals surface area contributed by atoms with Crippen molar-refractivity contribution >= 4 is 18.2 Å².